The molecule has 1 atom stereocenters. The van der Waals surface area contributed by atoms with Crippen molar-refractivity contribution in [2.45, 2.75) is 50.0 Å². The molecule has 1 unspecified atom stereocenters. The molecule has 3 rings (SSSR count). The number of methoxy groups -OCH3 is 1. The zero-order valence-electron chi connectivity index (χ0n) is 13.4. The summed E-state index contributed by atoms with van der Waals surface area (Å²) in [5.74, 6) is 1.27. The van der Waals surface area contributed by atoms with Gasteiger partial charge in [-0.25, -0.2) is 0 Å². The van der Waals surface area contributed by atoms with Gasteiger partial charge < -0.3 is 14.8 Å². The van der Waals surface area contributed by atoms with E-state index in [4.69, 9.17) is 9.47 Å². The first kappa shape index (κ1) is 15.7. The molecule has 5 heteroatoms. The molecule has 1 N–H and O–H groups in total. The Bertz CT molecular complexity index is 632. The van der Waals surface area contributed by atoms with E-state index < -0.39 is 5.41 Å². The number of nitrogens with zero attached hydrogens (tertiary/aromatic N) is 1. The molecule has 0 spiro atoms. The van der Waals surface area contributed by atoms with Crippen molar-refractivity contribution in [2.24, 2.45) is 0 Å². The number of ether oxygens (including phenoxy) is 2. The van der Waals surface area contributed by atoms with Crippen LogP contribution in [0.3, 0.4) is 0 Å². The van der Waals surface area contributed by atoms with E-state index >= 15 is 0 Å². The molecule has 1 aliphatic carbocycles. The number of hydrogen-bond donors (Lipinski definition) is 1. The second kappa shape index (κ2) is 6.49. The largest absolute Gasteiger partial charge is 0.493 e. The third-order valence-corrected chi connectivity index (χ3v) is 4.96. The normalized spacial score (nSPS) is 24.3. The summed E-state index contributed by atoms with van der Waals surface area (Å²) in [4.78, 5) is 12.4. The molecule has 0 bridgehead atoms. The monoisotopic (exact) mass is 314 g/mol. The van der Waals surface area contributed by atoms with E-state index in [-0.39, 0.29) is 18.4 Å². The SMILES string of the molecule is COc1ccc(C2(CC#N)CCNC2=O)cc1OC1CCCC1. The van der Waals surface area contributed by atoms with Crippen LogP contribution in [0.4, 0.5) is 0 Å². The Hall–Kier alpha value is -2.22. The Kier molecular flexibility index (Phi) is 4.42. The average Bonchev–Trinajstić information content (AvgIpc) is 3.19. The molecule has 1 aliphatic heterocycles. The van der Waals surface area contributed by atoms with Crippen molar-refractivity contribution in [1.82, 2.24) is 5.32 Å². The smallest absolute Gasteiger partial charge is 0.231 e. The summed E-state index contributed by atoms with van der Waals surface area (Å²) in [5, 5.41) is 12.0. The number of rotatable bonds is 5. The fraction of sp³-hybridized carbons (Fsp3) is 0.556. The van der Waals surface area contributed by atoms with Gasteiger partial charge in [0, 0.05) is 6.54 Å². The quantitative estimate of drug-likeness (QED) is 0.907. The summed E-state index contributed by atoms with van der Waals surface area (Å²) in [5.41, 5.74) is 0.0669. The van der Waals surface area contributed by atoms with E-state index in [9.17, 15) is 10.1 Å². The molecule has 1 saturated heterocycles. The van der Waals surface area contributed by atoms with Gasteiger partial charge in [0.2, 0.25) is 5.91 Å². The van der Waals surface area contributed by atoms with Crippen molar-refractivity contribution in [3.8, 4) is 17.6 Å². The molecule has 1 amide bonds. The van der Waals surface area contributed by atoms with Gasteiger partial charge in [-0.2, -0.15) is 5.26 Å². The summed E-state index contributed by atoms with van der Waals surface area (Å²) >= 11 is 0. The molecule has 2 fully saturated rings. The van der Waals surface area contributed by atoms with Crippen LogP contribution in [0.5, 0.6) is 11.5 Å². The van der Waals surface area contributed by atoms with Crippen LogP contribution in [0, 0.1) is 11.3 Å². The van der Waals surface area contributed by atoms with Crippen LogP contribution in [-0.2, 0) is 10.2 Å². The predicted octanol–water partition coefficient (Wildman–Crippen LogP) is 2.69. The van der Waals surface area contributed by atoms with E-state index in [2.05, 4.69) is 11.4 Å². The van der Waals surface area contributed by atoms with Crippen LogP contribution in [0.1, 0.15) is 44.1 Å². The Labute approximate surface area is 136 Å². The first-order valence-electron chi connectivity index (χ1n) is 8.20. The zero-order chi connectivity index (χ0) is 16.3. The molecule has 1 saturated carbocycles. The van der Waals surface area contributed by atoms with Gasteiger partial charge in [0.1, 0.15) is 0 Å². The molecule has 1 aromatic rings. The number of carbonyl (C=O) groups is 1. The molecule has 1 heterocycles. The van der Waals surface area contributed by atoms with Crippen LogP contribution in [0.2, 0.25) is 0 Å². The lowest BCUT2D eigenvalue weighted by atomic mass is 9.76. The van der Waals surface area contributed by atoms with Gasteiger partial charge in [-0.15, -0.1) is 0 Å². The molecule has 5 nitrogen and oxygen atoms in total. The summed E-state index contributed by atoms with van der Waals surface area (Å²) in [6, 6.07) is 7.77. The summed E-state index contributed by atoms with van der Waals surface area (Å²) < 4.78 is 11.5. The van der Waals surface area contributed by atoms with Crippen molar-refractivity contribution >= 4 is 5.91 Å². The van der Waals surface area contributed by atoms with E-state index in [1.54, 1.807) is 7.11 Å². The van der Waals surface area contributed by atoms with E-state index in [0.29, 0.717) is 24.5 Å². The topological polar surface area (TPSA) is 71.3 Å². The van der Waals surface area contributed by atoms with Crippen LogP contribution >= 0.6 is 0 Å². The molecule has 0 aromatic heterocycles. The molecule has 1 aromatic carbocycles. The number of benzene rings is 1. The second-order valence-electron chi connectivity index (χ2n) is 6.31. The minimum absolute atomic E-state index is 0.0731. The fourth-order valence-electron chi connectivity index (χ4n) is 3.61. The fourth-order valence-corrected chi connectivity index (χ4v) is 3.61. The minimum Gasteiger partial charge on any atom is -0.493 e. The Morgan fingerprint density at radius 3 is 2.74 bits per heavy atom. The van der Waals surface area contributed by atoms with Crippen LogP contribution in [-0.4, -0.2) is 25.7 Å². The highest BCUT2D eigenvalue weighted by Crippen LogP contribution is 2.40. The Morgan fingerprint density at radius 2 is 2.13 bits per heavy atom. The van der Waals surface area contributed by atoms with Crippen molar-refractivity contribution in [3.05, 3.63) is 23.8 Å². The van der Waals surface area contributed by atoms with Crippen LogP contribution < -0.4 is 14.8 Å². The average molecular weight is 314 g/mol. The number of carbonyl (C=O) groups excluding carboxylic acids is 1. The number of amides is 1. The van der Waals surface area contributed by atoms with Gasteiger partial charge in [0.25, 0.3) is 0 Å². The van der Waals surface area contributed by atoms with Gasteiger partial charge in [-0.3, -0.25) is 4.79 Å². The lowest BCUT2D eigenvalue weighted by Gasteiger charge is -2.25. The third-order valence-electron chi connectivity index (χ3n) is 4.96. The first-order valence-corrected chi connectivity index (χ1v) is 8.20. The maximum atomic E-state index is 12.4. The van der Waals surface area contributed by atoms with Gasteiger partial charge in [0.15, 0.2) is 11.5 Å². The number of nitriles is 1. The maximum absolute atomic E-state index is 12.4. The van der Waals surface area contributed by atoms with Crippen molar-refractivity contribution in [3.63, 3.8) is 0 Å². The molecular formula is C18H22N2O3. The Morgan fingerprint density at radius 1 is 1.35 bits per heavy atom. The second-order valence-corrected chi connectivity index (χ2v) is 6.31. The van der Waals surface area contributed by atoms with E-state index in [1.807, 2.05) is 18.2 Å². The molecule has 2 aliphatic rings. The summed E-state index contributed by atoms with van der Waals surface area (Å²) in [7, 11) is 1.61. The number of hydrogen-bond acceptors (Lipinski definition) is 4. The first-order chi connectivity index (χ1) is 11.2. The van der Waals surface area contributed by atoms with Crippen molar-refractivity contribution in [1.29, 1.82) is 5.26 Å². The minimum atomic E-state index is -0.769. The summed E-state index contributed by atoms with van der Waals surface area (Å²) in [6.45, 7) is 0.603. The van der Waals surface area contributed by atoms with Gasteiger partial charge in [0.05, 0.1) is 31.1 Å². The highest BCUT2D eigenvalue weighted by molar-refractivity contribution is 5.90. The predicted molar refractivity (Wildman–Crippen MR) is 85.4 cm³/mol. The highest BCUT2D eigenvalue weighted by atomic mass is 16.5. The summed E-state index contributed by atoms with van der Waals surface area (Å²) in [6.07, 6.45) is 5.50. The standard InChI is InChI=1S/C18H22N2O3/c1-22-15-7-6-13(12-16(15)23-14-4-2-3-5-14)18(8-10-19)9-11-20-17(18)21/h6-7,12,14H,2-5,8-9,11H2,1H3,(H,20,21). The lowest BCUT2D eigenvalue weighted by Crippen LogP contribution is -2.35. The molecule has 0 radical (unpaired) electrons. The van der Waals surface area contributed by atoms with Crippen molar-refractivity contribution in [2.75, 3.05) is 13.7 Å². The lowest BCUT2D eigenvalue weighted by molar-refractivity contribution is -0.123. The molecule has 122 valence electrons. The number of nitrogens with one attached hydrogen (secondary N) is 1. The highest BCUT2D eigenvalue weighted by Gasteiger charge is 2.44. The molecular weight excluding hydrogens is 292 g/mol. The zero-order valence-corrected chi connectivity index (χ0v) is 13.4. The van der Waals surface area contributed by atoms with Crippen LogP contribution in [0.25, 0.3) is 0 Å². The van der Waals surface area contributed by atoms with E-state index in [1.165, 1.54) is 12.8 Å². The van der Waals surface area contributed by atoms with Gasteiger partial charge in [-0.05, 0) is 49.8 Å². The molecule has 23 heavy (non-hydrogen) atoms. The van der Waals surface area contributed by atoms with Crippen molar-refractivity contribution < 1.29 is 14.3 Å². The van der Waals surface area contributed by atoms with E-state index in [0.717, 1.165) is 18.4 Å². The maximum Gasteiger partial charge on any atom is 0.231 e. The van der Waals surface area contributed by atoms with Gasteiger partial charge >= 0.3 is 0 Å². The Balaban J connectivity index is 1.95. The van der Waals surface area contributed by atoms with Crippen LogP contribution in [0.15, 0.2) is 18.2 Å². The third kappa shape index (κ3) is 2.86. The van der Waals surface area contributed by atoms with Gasteiger partial charge in [-0.1, -0.05) is 6.07 Å².